The summed E-state index contributed by atoms with van der Waals surface area (Å²) >= 11 is 0. The lowest BCUT2D eigenvalue weighted by Gasteiger charge is -2.34. The minimum atomic E-state index is -0.367. The maximum Gasteiger partial charge on any atom is 0.268 e. The van der Waals surface area contributed by atoms with Crippen molar-refractivity contribution in [2.24, 2.45) is 5.41 Å². The van der Waals surface area contributed by atoms with Gasteiger partial charge in [-0.05, 0) is 54.0 Å². The van der Waals surface area contributed by atoms with Gasteiger partial charge < -0.3 is 4.90 Å². The fourth-order valence-electron chi connectivity index (χ4n) is 5.03. The van der Waals surface area contributed by atoms with E-state index < -0.39 is 0 Å². The third-order valence-electron chi connectivity index (χ3n) is 6.52. The zero-order valence-corrected chi connectivity index (χ0v) is 18.4. The molecule has 2 aromatic carbocycles. The Morgan fingerprint density at radius 3 is 2.44 bits per heavy atom. The van der Waals surface area contributed by atoms with E-state index in [4.69, 9.17) is 0 Å². The Kier molecular flexibility index (Phi) is 4.85. The number of benzene rings is 2. The van der Waals surface area contributed by atoms with Crippen LogP contribution in [0, 0.1) is 5.41 Å². The van der Waals surface area contributed by atoms with Crippen LogP contribution in [0.5, 0.6) is 0 Å². The summed E-state index contributed by atoms with van der Waals surface area (Å²) < 4.78 is 1.46. The molecule has 32 heavy (non-hydrogen) atoms. The first-order valence-electron chi connectivity index (χ1n) is 11.1. The Hall–Kier alpha value is -3.47. The molecule has 0 radical (unpaired) electrons. The molecule has 0 bridgehead atoms. The van der Waals surface area contributed by atoms with Gasteiger partial charge in [-0.3, -0.25) is 19.0 Å². The number of ketones is 1. The van der Waals surface area contributed by atoms with Crippen molar-refractivity contribution in [3.8, 4) is 5.69 Å². The number of aromatic nitrogens is 1. The highest BCUT2D eigenvalue weighted by molar-refractivity contribution is 6.10. The van der Waals surface area contributed by atoms with Crippen molar-refractivity contribution >= 4 is 17.4 Å². The molecule has 0 saturated heterocycles. The number of carbonyl (C=O) groups is 2. The van der Waals surface area contributed by atoms with E-state index in [9.17, 15) is 14.4 Å². The number of carbonyl (C=O) groups excluding carboxylic acids is 2. The first-order valence-corrected chi connectivity index (χ1v) is 11.1. The van der Waals surface area contributed by atoms with E-state index >= 15 is 0 Å². The van der Waals surface area contributed by atoms with E-state index in [1.165, 1.54) is 4.57 Å². The van der Waals surface area contributed by atoms with Crippen LogP contribution >= 0.6 is 0 Å². The summed E-state index contributed by atoms with van der Waals surface area (Å²) in [7, 11) is 0. The van der Waals surface area contributed by atoms with Gasteiger partial charge in [-0.25, -0.2) is 0 Å². The number of anilines is 1. The third kappa shape index (κ3) is 3.38. The van der Waals surface area contributed by atoms with Crippen molar-refractivity contribution in [3.05, 3.63) is 93.4 Å². The van der Waals surface area contributed by atoms with E-state index in [1.54, 1.807) is 11.1 Å². The summed E-state index contributed by atoms with van der Waals surface area (Å²) in [6.07, 6.45) is 4.30. The molecule has 0 unspecified atom stereocenters. The Balaban J connectivity index is 1.75. The second kappa shape index (κ2) is 7.59. The normalized spacial score (nSPS) is 16.9. The number of amides is 1. The summed E-state index contributed by atoms with van der Waals surface area (Å²) in [6, 6.07) is 17.0. The first kappa shape index (κ1) is 20.4. The summed E-state index contributed by atoms with van der Waals surface area (Å²) in [5.41, 5.74) is 3.15. The second-order valence-electron chi connectivity index (χ2n) is 9.54. The van der Waals surface area contributed by atoms with E-state index in [0.29, 0.717) is 36.2 Å². The molecular weight excluding hydrogens is 400 g/mol. The summed E-state index contributed by atoms with van der Waals surface area (Å²) in [4.78, 5) is 42.5. The molecular formula is C27H26N2O3. The molecule has 1 aliphatic carbocycles. The van der Waals surface area contributed by atoms with Gasteiger partial charge in [0.05, 0.1) is 0 Å². The highest BCUT2D eigenvalue weighted by atomic mass is 16.2. The quantitative estimate of drug-likeness (QED) is 0.602. The standard InChI is InChI=1S/C27H26N2O3/c1-27(2)15-20-21(23(30)16-27)17-29(19-11-4-3-5-12-19)26(32)24(20)25(31)28-14-8-10-18-9-6-7-13-22(18)28/h3-7,9,11-13,17H,8,10,14-16H2,1-2H3. The summed E-state index contributed by atoms with van der Waals surface area (Å²) in [5.74, 6) is -0.330. The Labute approximate surface area is 187 Å². The van der Waals surface area contributed by atoms with Crippen LogP contribution in [0.15, 0.2) is 65.6 Å². The molecule has 0 saturated carbocycles. The van der Waals surface area contributed by atoms with E-state index in [-0.39, 0.29) is 28.2 Å². The molecule has 0 spiro atoms. The number of aryl methyl sites for hydroxylation is 1. The zero-order valence-electron chi connectivity index (χ0n) is 18.4. The van der Waals surface area contributed by atoms with Crippen LogP contribution in [-0.2, 0) is 12.8 Å². The summed E-state index contributed by atoms with van der Waals surface area (Å²) in [6.45, 7) is 4.59. The number of fused-ring (bicyclic) bond motifs is 2. The van der Waals surface area contributed by atoms with E-state index in [1.807, 2.05) is 68.4 Å². The van der Waals surface area contributed by atoms with Gasteiger partial charge in [0.15, 0.2) is 5.78 Å². The van der Waals surface area contributed by atoms with E-state index in [2.05, 4.69) is 0 Å². The van der Waals surface area contributed by atoms with Crippen molar-refractivity contribution in [1.29, 1.82) is 0 Å². The molecule has 0 N–H and O–H groups in total. The van der Waals surface area contributed by atoms with Gasteiger partial charge >= 0.3 is 0 Å². The van der Waals surface area contributed by atoms with E-state index in [0.717, 1.165) is 24.1 Å². The topological polar surface area (TPSA) is 59.4 Å². The van der Waals surface area contributed by atoms with Crippen molar-refractivity contribution in [2.45, 2.75) is 39.5 Å². The molecule has 2 heterocycles. The van der Waals surface area contributed by atoms with Crippen LogP contribution in [0.3, 0.4) is 0 Å². The molecule has 3 aromatic rings. The molecule has 0 fully saturated rings. The van der Waals surface area contributed by atoms with Gasteiger partial charge in [0.2, 0.25) is 0 Å². The fourth-order valence-corrected chi connectivity index (χ4v) is 5.03. The third-order valence-corrected chi connectivity index (χ3v) is 6.52. The highest BCUT2D eigenvalue weighted by Crippen LogP contribution is 2.37. The number of pyridine rings is 1. The molecule has 5 heteroatoms. The Morgan fingerprint density at radius 2 is 1.66 bits per heavy atom. The number of para-hydroxylation sites is 2. The molecule has 5 rings (SSSR count). The maximum atomic E-state index is 14.0. The SMILES string of the molecule is CC1(C)CC(=O)c2cn(-c3ccccc3)c(=O)c(C(=O)N3CCCc4ccccc43)c2C1. The lowest BCUT2D eigenvalue weighted by atomic mass is 9.73. The lowest BCUT2D eigenvalue weighted by molar-refractivity contribution is 0.0910. The van der Waals surface area contributed by atoms with Crippen molar-refractivity contribution in [1.82, 2.24) is 4.57 Å². The fraction of sp³-hybridized carbons (Fsp3) is 0.296. The number of hydrogen-bond acceptors (Lipinski definition) is 3. The van der Waals surface area contributed by atoms with Crippen molar-refractivity contribution < 1.29 is 9.59 Å². The van der Waals surface area contributed by atoms with Gasteiger partial charge in [-0.15, -0.1) is 0 Å². The van der Waals surface area contributed by atoms with Gasteiger partial charge in [0.25, 0.3) is 11.5 Å². The number of Topliss-reactive ketones (excluding diaryl/α,β-unsaturated/α-hetero) is 1. The van der Waals surface area contributed by atoms with Crippen LogP contribution in [0.2, 0.25) is 0 Å². The van der Waals surface area contributed by atoms with Crippen molar-refractivity contribution in [2.75, 3.05) is 11.4 Å². The Morgan fingerprint density at radius 1 is 0.938 bits per heavy atom. The zero-order chi connectivity index (χ0) is 22.5. The monoisotopic (exact) mass is 426 g/mol. The lowest BCUT2D eigenvalue weighted by Crippen LogP contribution is -2.42. The molecule has 5 nitrogen and oxygen atoms in total. The minimum Gasteiger partial charge on any atom is -0.308 e. The largest absolute Gasteiger partial charge is 0.308 e. The van der Waals surface area contributed by atoms with Crippen LogP contribution in [0.4, 0.5) is 5.69 Å². The predicted molar refractivity (Wildman–Crippen MR) is 125 cm³/mol. The molecule has 1 amide bonds. The van der Waals surface area contributed by atoms with Gasteiger partial charge in [-0.2, -0.15) is 0 Å². The summed E-state index contributed by atoms with van der Waals surface area (Å²) in [5, 5.41) is 0. The predicted octanol–water partition coefficient (Wildman–Crippen LogP) is 4.59. The molecule has 162 valence electrons. The van der Waals surface area contributed by atoms with Gasteiger partial charge in [0, 0.05) is 36.1 Å². The average Bonchev–Trinajstić information content (AvgIpc) is 2.78. The average molecular weight is 427 g/mol. The Bertz CT molecular complexity index is 1290. The van der Waals surface area contributed by atoms with Gasteiger partial charge in [-0.1, -0.05) is 50.2 Å². The number of hydrogen-bond donors (Lipinski definition) is 0. The van der Waals surface area contributed by atoms with Crippen molar-refractivity contribution in [3.63, 3.8) is 0 Å². The molecule has 1 aromatic heterocycles. The first-order chi connectivity index (χ1) is 15.4. The smallest absolute Gasteiger partial charge is 0.268 e. The second-order valence-corrected chi connectivity index (χ2v) is 9.54. The van der Waals surface area contributed by atoms with Crippen LogP contribution in [0.1, 0.15) is 58.5 Å². The van der Waals surface area contributed by atoms with Crippen LogP contribution in [-0.4, -0.2) is 22.8 Å². The van der Waals surface area contributed by atoms with Crippen LogP contribution < -0.4 is 10.5 Å². The number of nitrogens with zero attached hydrogens (tertiary/aromatic N) is 2. The molecule has 1 aliphatic heterocycles. The maximum absolute atomic E-state index is 14.0. The molecule has 0 atom stereocenters. The minimum absolute atomic E-state index is 0.0194. The number of rotatable bonds is 2. The highest BCUT2D eigenvalue weighted by Gasteiger charge is 2.37. The van der Waals surface area contributed by atoms with Crippen LogP contribution in [0.25, 0.3) is 5.69 Å². The molecule has 2 aliphatic rings. The van der Waals surface area contributed by atoms with Gasteiger partial charge in [0.1, 0.15) is 5.56 Å².